The summed E-state index contributed by atoms with van der Waals surface area (Å²) < 4.78 is 13.2. The zero-order valence-electron chi connectivity index (χ0n) is 23.9. The molecule has 2 heterocycles. The predicted octanol–water partition coefficient (Wildman–Crippen LogP) is 6.37. The minimum Gasteiger partial charge on any atom is -0.495 e. The topological polar surface area (TPSA) is 133 Å². The first kappa shape index (κ1) is 28.2. The summed E-state index contributed by atoms with van der Waals surface area (Å²) in [6.07, 6.45) is 0. The van der Waals surface area contributed by atoms with Gasteiger partial charge in [-0.25, -0.2) is 4.68 Å². The van der Waals surface area contributed by atoms with Crippen molar-refractivity contribution in [3.05, 3.63) is 136 Å². The van der Waals surface area contributed by atoms with E-state index in [0.29, 0.717) is 52.4 Å². The number of nitro benzene ring substituents is 1. The highest BCUT2D eigenvalue weighted by Gasteiger charge is 2.35. The summed E-state index contributed by atoms with van der Waals surface area (Å²) >= 11 is 0. The molecule has 6 rings (SSSR count). The van der Waals surface area contributed by atoms with Gasteiger partial charge in [-0.05, 0) is 54.4 Å². The standard InChI is InChI=1S/C33H28N6O5/c1-21-29(32(40)35-27-13-6-7-14-28(27)43-2)30(24-11-8-12-26(19-24)44-20-22-9-4-3-5-10-22)38-33(34-21)36-31(37-38)23-15-17-25(18-16-23)39(41)42/h3-19,30H,20H2,1-2H3,(H,35,40)(H,34,36,37). The first-order valence-electron chi connectivity index (χ1n) is 13.8. The number of fused-ring (bicyclic) bond motifs is 1. The van der Waals surface area contributed by atoms with Gasteiger partial charge in [-0.3, -0.25) is 14.9 Å². The maximum absolute atomic E-state index is 14.0. The van der Waals surface area contributed by atoms with Crippen molar-refractivity contribution < 1.29 is 19.2 Å². The van der Waals surface area contributed by atoms with E-state index in [1.54, 1.807) is 36.1 Å². The van der Waals surface area contributed by atoms with E-state index in [1.807, 2.05) is 73.7 Å². The van der Waals surface area contributed by atoms with E-state index in [4.69, 9.17) is 14.6 Å². The fraction of sp³-hybridized carbons (Fsp3) is 0.121. The molecule has 1 aliphatic heterocycles. The molecular weight excluding hydrogens is 560 g/mol. The maximum atomic E-state index is 14.0. The number of nitrogens with zero attached hydrogens (tertiary/aromatic N) is 4. The number of para-hydroxylation sites is 2. The van der Waals surface area contributed by atoms with Gasteiger partial charge < -0.3 is 20.1 Å². The van der Waals surface area contributed by atoms with E-state index >= 15 is 0 Å². The van der Waals surface area contributed by atoms with Crippen LogP contribution in [0.2, 0.25) is 0 Å². The Kier molecular flexibility index (Phi) is 7.75. The number of nitro groups is 1. The number of non-ortho nitro benzene ring substituents is 1. The Labute approximate surface area is 252 Å². The molecule has 1 aliphatic rings. The van der Waals surface area contributed by atoms with Crippen LogP contribution >= 0.6 is 0 Å². The second-order valence-corrected chi connectivity index (χ2v) is 10.1. The summed E-state index contributed by atoms with van der Waals surface area (Å²) in [7, 11) is 1.54. The minimum atomic E-state index is -0.680. The van der Waals surface area contributed by atoms with E-state index in [2.05, 4.69) is 15.6 Å². The number of hydrogen-bond donors (Lipinski definition) is 2. The van der Waals surface area contributed by atoms with Gasteiger partial charge in [0.05, 0.1) is 23.3 Å². The van der Waals surface area contributed by atoms with Crippen molar-refractivity contribution in [2.75, 3.05) is 17.7 Å². The number of carbonyl (C=O) groups is 1. The molecule has 4 aromatic carbocycles. The van der Waals surface area contributed by atoms with E-state index in [-0.39, 0.29) is 11.6 Å². The number of nitrogens with one attached hydrogen (secondary N) is 2. The number of rotatable bonds is 9. The largest absolute Gasteiger partial charge is 0.495 e. The zero-order chi connectivity index (χ0) is 30.6. The fourth-order valence-corrected chi connectivity index (χ4v) is 5.06. The van der Waals surface area contributed by atoms with Gasteiger partial charge in [0.15, 0.2) is 5.82 Å². The predicted molar refractivity (Wildman–Crippen MR) is 165 cm³/mol. The Balaban J connectivity index is 1.40. The lowest BCUT2D eigenvalue weighted by atomic mass is 9.94. The third kappa shape index (κ3) is 5.71. The van der Waals surface area contributed by atoms with E-state index < -0.39 is 11.0 Å². The number of aromatic nitrogens is 3. The second kappa shape index (κ2) is 12.1. The molecular formula is C33H28N6O5. The number of benzene rings is 4. The number of hydrogen-bond acceptors (Lipinski definition) is 8. The Morgan fingerprint density at radius 3 is 2.50 bits per heavy atom. The van der Waals surface area contributed by atoms with Crippen molar-refractivity contribution in [2.24, 2.45) is 0 Å². The number of allylic oxidation sites excluding steroid dienone is 1. The molecule has 2 N–H and O–H groups in total. The average molecular weight is 589 g/mol. The van der Waals surface area contributed by atoms with Crippen LogP contribution in [-0.2, 0) is 11.4 Å². The highest BCUT2D eigenvalue weighted by Crippen LogP contribution is 2.38. The van der Waals surface area contributed by atoms with Crippen molar-refractivity contribution in [2.45, 2.75) is 19.6 Å². The van der Waals surface area contributed by atoms with Crippen molar-refractivity contribution in [1.29, 1.82) is 0 Å². The van der Waals surface area contributed by atoms with Gasteiger partial charge in [0.1, 0.15) is 24.1 Å². The molecule has 1 atom stereocenters. The van der Waals surface area contributed by atoms with E-state index in [9.17, 15) is 14.9 Å². The number of ether oxygens (including phenoxy) is 2. The lowest BCUT2D eigenvalue weighted by Gasteiger charge is -2.29. The van der Waals surface area contributed by atoms with Gasteiger partial charge in [-0.15, -0.1) is 5.10 Å². The van der Waals surface area contributed by atoms with Gasteiger partial charge >= 0.3 is 0 Å². The summed E-state index contributed by atoms with van der Waals surface area (Å²) in [6.45, 7) is 2.19. The summed E-state index contributed by atoms with van der Waals surface area (Å²) in [6, 6.07) is 29.9. The smallest absolute Gasteiger partial charge is 0.269 e. The molecule has 0 fully saturated rings. The van der Waals surface area contributed by atoms with E-state index in [1.165, 1.54) is 12.1 Å². The zero-order valence-corrected chi connectivity index (χ0v) is 23.9. The molecule has 0 saturated heterocycles. The molecule has 0 radical (unpaired) electrons. The van der Waals surface area contributed by atoms with Crippen LogP contribution in [0.4, 0.5) is 17.3 Å². The Bertz CT molecular complexity index is 1870. The lowest BCUT2D eigenvalue weighted by Crippen LogP contribution is -2.31. The van der Waals surface area contributed by atoms with Gasteiger partial charge in [0, 0.05) is 23.4 Å². The van der Waals surface area contributed by atoms with Crippen LogP contribution in [-0.4, -0.2) is 32.7 Å². The lowest BCUT2D eigenvalue weighted by molar-refractivity contribution is -0.384. The number of methoxy groups -OCH3 is 1. The fourth-order valence-electron chi connectivity index (χ4n) is 5.06. The third-order valence-corrected chi connectivity index (χ3v) is 7.21. The van der Waals surface area contributed by atoms with Crippen molar-refractivity contribution >= 4 is 23.2 Å². The number of anilines is 2. The molecule has 220 valence electrons. The van der Waals surface area contributed by atoms with Crippen LogP contribution in [0.25, 0.3) is 11.4 Å². The van der Waals surface area contributed by atoms with Crippen LogP contribution in [0, 0.1) is 10.1 Å². The Morgan fingerprint density at radius 2 is 1.75 bits per heavy atom. The van der Waals surface area contributed by atoms with Gasteiger partial charge in [-0.2, -0.15) is 4.98 Å². The van der Waals surface area contributed by atoms with E-state index in [0.717, 1.165) is 11.1 Å². The maximum Gasteiger partial charge on any atom is 0.269 e. The van der Waals surface area contributed by atoms with Crippen LogP contribution in [0.15, 0.2) is 114 Å². The number of amides is 1. The molecule has 0 aliphatic carbocycles. The third-order valence-electron chi connectivity index (χ3n) is 7.21. The summed E-state index contributed by atoms with van der Waals surface area (Å²) in [5.74, 6) is 1.58. The molecule has 1 unspecified atom stereocenters. The molecule has 11 nitrogen and oxygen atoms in total. The summed E-state index contributed by atoms with van der Waals surface area (Å²) in [5.41, 5.74) is 3.87. The molecule has 44 heavy (non-hydrogen) atoms. The van der Waals surface area contributed by atoms with Crippen LogP contribution < -0.4 is 20.1 Å². The normalized spacial score (nSPS) is 13.9. The van der Waals surface area contributed by atoms with Crippen LogP contribution in [0.5, 0.6) is 11.5 Å². The Hall–Kier alpha value is -5.97. The van der Waals surface area contributed by atoms with Gasteiger partial charge in [0.25, 0.3) is 11.6 Å². The first-order chi connectivity index (χ1) is 21.4. The van der Waals surface area contributed by atoms with Gasteiger partial charge in [0.2, 0.25) is 5.95 Å². The monoisotopic (exact) mass is 588 g/mol. The molecule has 11 heteroatoms. The van der Waals surface area contributed by atoms with Crippen molar-refractivity contribution in [3.63, 3.8) is 0 Å². The summed E-state index contributed by atoms with van der Waals surface area (Å²) in [4.78, 5) is 29.4. The first-order valence-corrected chi connectivity index (χ1v) is 13.8. The highest BCUT2D eigenvalue weighted by atomic mass is 16.6. The summed E-state index contributed by atoms with van der Waals surface area (Å²) in [5, 5.41) is 22.2. The molecule has 0 bridgehead atoms. The molecule has 0 spiro atoms. The SMILES string of the molecule is COc1ccccc1NC(=O)C1=C(C)Nc2nc(-c3ccc([N+](=O)[O-])cc3)nn2C1c1cccc(OCc2ccccc2)c1. The minimum absolute atomic E-state index is 0.0335. The Morgan fingerprint density at radius 1 is 1.00 bits per heavy atom. The van der Waals surface area contributed by atoms with Crippen molar-refractivity contribution in [1.82, 2.24) is 14.8 Å². The van der Waals surface area contributed by atoms with Gasteiger partial charge in [-0.1, -0.05) is 54.6 Å². The molecule has 1 amide bonds. The number of carbonyl (C=O) groups excluding carboxylic acids is 1. The average Bonchev–Trinajstić information content (AvgIpc) is 3.47. The van der Waals surface area contributed by atoms with Crippen molar-refractivity contribution in [3.8, 4) is 22.9 Å². The highest BCUT2D eigenvalue weighted by molar-refractivity contribution is 6.06. The van der Waals surface area contributed by atoms with Crippen LogP contribution in [0.1, 0.15) is 24.1 Å². The van der Waals surface area contributed by atoms with Crippen LogP contribution in [0.3, 0.4) is 0 Å². The molecule has 5 aromatic rings. The molecule has 0 saturated carbocycles. The molecule has 1 aromatic heterocycles. The quantitative estimate of drug-likeness (QED) is 0.150. The second-order valence-electron chi connectivity index (χ2n) is 10.1.